The van der Waals surface area contributed by atoms with Crippen LogP contribution < -0.4 is 0 Å². The summed E-state index contributed by atoms with van der Waals surface area (Å²) in [5.41, 5.74) is 3.36. The Morgan fingerprint density at radius 3 is 2.48 bits per heavy atom. The van der Waals surface area contributed by atoms with Crippen LogP contribution in [0.5, 0.6) is 0 Å². The van der Waals surface area contributed by atoms with Crippen molar-refractivity contribution in [2.45, 2.75) is 13.3 Å². The van der Waals surface area contributed by atoms with E-state index in [2.05, 4.69) is 53.5 Å². The fourth-order valence-corrected chi connectivity index (χ4v) is 2.75. The van der Waals surface area contributed by atoms with Crippen LogP contribution in [0.15, 0.2) is 71.1 Å². The molecule has 0 N–H and O–H groups in total. The maximum absolute atomic E-state index is 5.84. The maximum Gasteiger partial charge on any atom is 0.247 e. The van der Waals surface area contributed by atoms with Crippen molar-refractivity contribution in [2.75, 3.05) is 0 Å². The normalized spacial score (nSPS) is 11.0. The lowest BCUT2D eigenvalue weighted by molar-refractivity contribution is 0.518. The van der Waals surface area contributed by atoms with Gasteiger partial charge in [0.25, 0.3) is 0 Å². The third kappa shape index (κ3) is 2.73. The molecule has 3 aromatic carbocycles. The number of aryl methyl sites for hydroxylation is 1. The summed E-state index contributed by atoms with van der Waals surface area (Å²) in [6.45, 7) is 2.06. The predicted octanol–water partition coefficient (Wildman–Crippen LogP) is 4.79. The van der Waals surface area contributed by atoms with Gasteiger partial charge in [0.15, 0.2) is 0 Å². The summed E-state index contributed by atoms with van der Waals surface area (Å²) in [6, 6.07) is 22.7. The van der Waals surface area contributed by atoms with E-state index in [-0.39, 0.29) is 0 Å². The van der Waals surface area contributed by atoms with Gasteiger partial charge in [0.2, 0.25) is 11.8 Å². The second-order valence-electron chi connectivity index (χ2n) is 5.68. The van der Waals surface area contributed by atoms with Crippen LogP contribution in [0, 0.1) is 6.92 Å². The Bertz CT molecular complexity index is 949. The summed E-state index contributed by atoms with van der Waals surface area (Å²) in [6.07, 6.45) is 0.639. The molecule has 0 unspecified atom stereocenters. The molecule has 4 rings (SSSR count). The van der Waals surface area contributed by atoms with Gasteiger partial charge in [0.05, 0.1) is 6.42 Å². The van der Waals surface area contributed by atoms with Crippen LogP contribution in [0.1, 0.15) is 17.0 Å². The smallest absolute Gasteiger partial charge is 0.247 e. The highest BCUT2D eigenvalue weighted by molar-refractivity contribution is 5.85. The summed E-state index contributed by atoms with van der Waals surface area (Å²) in [4.78, 5) is 0. The fourth-order valence-electron chi connectivity index (χ4n) is 2.75. The zero-order valence-corrected chi connectivity index (χ0v) is 12.9. The van der Waals surface area contributed by atoms with Gasteiger partial charge in [0, 0.05) is 5.56 Å². The number of benzene rings is 3. The number of aromatic nitrogens is 2. The summed E-state index contributed by atoms with van der Waals surface area (Å²) >= 11 is 0. The first-order valence-corrected chi connectivity index (χ1v) is 7.66. The first-order chi connectivity index (χ1) is 11.3. The Labute approximate surface area is 134 Å². The van der Waals surface area contributed by atoms with Crippen LogP contribution in [-0.2, 0) is 6.42 Å². The van der Waals surface area contributed by atoms with E-state index in [0.717, 1.165) is 5.56 Å². The third-order valence-corrected chi connectivity index (χ3v) is 3.99. The summed E-state index contributed by atoms with van der Waals surface area (Å²) < 4.78 is 5.84. The standard InChI is InChI=1S/C20H16N2O/c1-14-9-11-16(12-10-14)20-22-21-19(23-20)13-17-7-4-6-15-5-2-3-8-18(15)17/h2-12H,13H2,1H3. The zero-order valence-electron chi connectivity index (χ0n) is 12.9. The molecular formula is C20H16N2O. The largest absolute Gasteiger partial charge is 0.420 e. The molecule has 0 fully saturated rings. The van der Waals surface area contributed by atoms with Gasteiger partial charge in [0.1, 0.15) is 0 Å². The molecule has 1 heterocycles. The minimum Gasteiger partial charge on any atom is -0.420 e. The molecule has 4 aromatic rings. The number of rotatable bonds is 3. The predicted molar refractivity (Wildman–Crippen MR) is 91.2 cm³/mol. The second kappa shape index (κ2) is 5.69. The minimum absolute atomic E-state index is 0.570. The van der Waals surface area contributed by atoms with Crippen molar-refractivity contribution < 1.29 is 4.42 Å². The van der Waals surface area contributed by atoms with E-state index in [9.17, 15) is 0 Å². The Morgan fingerprint density at radius 2 is 1.61 bits per heavy atom. The van der Waals surface area contributed by atoms with E-state index >= 15 is 0 Å². The van der Waals surface area contributed by atoms with E-state index in [1.165, 1.54) is 21.9 Å². The van der Waals surface area contributed by atoms with Gasteiger partial charge in [-0.05, 0) is 35.4 Å². The van der Waals surface area contributed by atoms with Gasteiger partial charge >= 0.3 is 0 Å². The zero-order chi connectivity index (χ0) is 15.6. The van der Waals surface area contributed by atoms with Crippen molar-refractivity contribution >= 4 is 10.8 Å². The van der Waals surface area contributed by atoms with E-state index in [1.807, 2.05) is 30.3 Å². The molecule has 0 spiro atoms. The molecule has 0 radical (unpaired) electrons. The van der Waals surface area contributed by atoms with E-state index in [4.69, 9.17) is 4.42 Å². The topological polar surface area (TPSA) is 38.9 Å². The van der Waals surface area contributed by atoms with Crippen LogP contribution in [0.25, 0.3) is 22.2 Å². The second-order valence-corrected chi connectivity index (χ2v) is 5.68. The third-order valence-electron chi connectivity index (χ3n) is 3.99. The van der Waals surface area contributed by atoms with E-state index in [1.54, 1.807) is 0 Å². The maximum atomic E-state index is 5.84. The fraction of sp³-hybridized carbons (Fsp3) is 0.100. The molecular weight excluding hydrogens is 284 g/mol. The Balaban J connectivity index is 1.66. The molecule has 3 nitrogen and oxygen atoms in total. The van der Waals surface area contributed by atoms with Gasteiger partial charge < -0.3 is 4.42 Å². The first-order valence-electron chi connectivity index (χ1n) is 7.66. The van der Waals surface area contributed by atoms with Crippen LogP contribution in [-0.4, -0.2) is 10.2 Å². The molecule has 0 aliphatic rings. The van der Waals surface area contributed by atoms with Crippen molar-refractivity contribution in [1.29, 1.82) is 0 Å². The molecule has 0 saturated heterocycles. The summed E-state index contributed by atoms with van der Waals surface area (Å²) in [5, 5.41) is 10.8. The Hall–Kier alpha value is -2.94. The Morgan fingerprint density at radius 1 is 0.826 bits per heavy atom. The van der Waals surface area contributed by atoms with Crippen LogP contribution in [0.3, 0.4) is 0 Å². The van der Waals surface area contributed by atoms with Crippen molar-refractivity contribution in [1.82, 2.24) is 10.2 Å². The molecule has 0 atom stereocenters. The summed E-state index contributed by atoms with van der Waals surface area (Å²) in [5.74, 6) is 1.21. The first kappa shape index (κ1) is 13.7. The van der Waals surface area contributed by atoms with Gasteiger partial charge in [-0.25, -0.2) is 0 Å². The van der Waals surface area contributed by atoms with Crippen molar-refractivity contribution in [3.8, 4) is 11.5 Å². The highest BCUT2D eigenvalue weighted by Gasteiger charge is 2.10. The van der Waals surface area contributed by atoms with Crippen LogP contribution in [0.4, 0.5) is 0 Å². The molecule has 0 aliphatic carbocycles. The molecule has 0 bridgehead atoms. The van der Waals surface area contributed by atoms with Crippen LogP contribution in [0.2, 0.25) is 0 Å². The van der Waals surface area contributed by atoms with Crippen LogP contribution >= 0.6 is 0 Å². The molecule has 0 saturated carbocycles. The van der Waals surface area contributed by atoms with Crippen molar-refractivity contribution in [3.05, 3.63) is 83.7 Å². The average Bonchev–Trinajstić information content (AvgIpc) is 3.04. The number of nitrogens with zero attached hydrogens (tertiary/aromatic N) is 2. The molecule has 112 valence electrons. The van der Waals surface area contributed by atoms with Gasteiger partial charge in [-0.15, -0.1) is 10.2 Å². The lowest BCUT2D eigenvalue weighted by Gasteiger charge is -2.03. The van der Waals surface area contributed by atoms with Crippen molar-refractivity contribution in [2.24, 2.45) is 0 Å². The van der Waals surface area contributed by atoms with Gasteiger partial charge in [-0.2, -0.15) is 0 Å². The molecule has 0 aliphatic heterocycles. The number of hydrogen-bond acceptors (Lipinski definition) is 3. The average molecular weight is 300 g/mol. The summed E-state index contributed by atoms with van der Waals surface area (Å²) in [7, 11) is 0. The monoisotopic (exact) mass is 300 g/mol. The molecule has 3 heteroatoms. The molecule has 0 amide bonds. The number of fused-ring (bicyclic) bond motifs is 1. The van der Waals surface area contributed by atoms with Crippen molar-refractivity contribution in [3.63, 3.8) is 0 Å². The van der Waals surface area contributed by atoms with Gasteiger partial charge in [-0.1, -0.05) is 60.2 Å². The number of hydrogen-bond donors (Lipinski definition) is 0. The Kier molecular flexibility index (Phi) is 3.39. The lowest BCUT2D eigenvalue weighted by atomic mass is 10.0. The van der Waals surface area contributed by atoms with E-state index < -0.39 is 0 Å². The quantitative estimate of drug-likeness (QED) is 0.546. The molecule has 1 aromatic heterocycles. The van der Waals surface area contributed by atoms with E-state index in [0.29, 0.717) is 18.2 Å². The van der Waals surface area contributed by atoms with Gasteiger partial charge in [-0.3, -0.25) is 0 Å². The highest BCUT2D eigenvalue weighted by Crippen LogP contribution is 2.23. The minimum atomic E-state index is 0.570. The highest BCUT2D eigenvalue weighted by atomic mass is 16.4. The lowest BCUT2D eigenvalue weighted by Crippen LogP contribution is -1.90. The molecule has 23 heavy (non-hydrogen) atoms. The SMILES string of the molecule is Cc1ccc(-c2nnc(Cc3cccc4ccccc34)o2)cc1.